The number of hydrogen-bond donors (Lipinski definition) is 0. The summed E-state index contributed by atoms with van der Waals surface area (Å²) in [6, 6.07) is 19.6. The van der Waals surface area contributed by atoms with Crippen molar-refractivity contribution in [2.45, 2.75) is 12.8 Å². The van der Waals surface area contributed by atoms with Crippen LogP contribution in [0.3, 0.4) is 0 Å². The number of rotatable bonds is 7. The Balaban J connectivity index is 1.68. The van der Waals surface area contributed by atoms with E-state index in [0.717, 1.165) is 18.6 Å². The first kappa shape index (κ1) is 14.1. The summed E-state index contributed by atoms with van der Waals surface area (Å²) in [6.07, 6.45) is 5.32. The Hall–Kier alpha value is -2.35. The molecule has 2 aromatic carbocycles. The highest BCUT2D eigenvalue weighted by Crippen LogP contribution is 2.08. The summed E-state index contributed by atoms with van der Waals surface area (Å²) in [5.41, 5.74) is 1.28. The van der Waals surface area contributed by atoms with Crippen molar-refractivity contribution in [1.29, 1.82) is 0 Å². The van der Waals surface area contributed by atoms with E-state index in [0.29, 0.717) is 0 Å². The Morgan fingerprint density at radius 3 is 2.30 bits per heavy atom. The molecular weight excluding hydrogens is 248 g/mol. The zero-order valence-electron chi connectivity index (χ0n) is 11.4. The van der Waals surface area contributed by atoms with Gasteiger partial charge in [0.2, 0.25) is 0 Å². The minimum absolute atomic E-state index is 0.0121. The Labute approximate surface area is 119 Å². The standard InChI is InChI=1S/C18H18O2/c19-17(15-20-18-13-5-2-6-14-18)12-8-7-11-16-9-3-1-4-10-16/h1-6,8-10,12-14H,7,11,15H2/b12-8+. The normalized spacial score (nSPS) is 10.6. The predicted octanol–water partition coefficient (Wildman–Crippen LogP) is 3.82. The molecule has 0 radical (unpaired) electrons. The number of benzene rings is 2. The van der Waals surface area contributed by atoms with E-state index in [1.54, 1.807) is 6.08 Å². The Kier molecular flexibility index (Phi) is 5.59. The zero-order chi connectivity index (χ0) is 14.0. The minimum Gasteiger partial charge on any atom is -0.485 e. The van der Waals surface area contributed by atoms with E-state index in [2.05, 4.69) is 12.1 Å². The molecule has 20 heavy (non-hydrogen) atoms. The van der Waals surface area contributed by atoms with Gasteiger partial charge in [-0.15, -0.1) is 0 Å². The van der Waals surface area contributed by atoms with Crippen molar-refractivity contribution < 1.29 is 9.53 Å². The average Bonchev–Trinajstić information content (AvgIpc) is 2.52. The van der Waals surface area contributed by atoms with Crippen molar-refractivity contribution in [3.63, 3.8) is 0 Å². The molecule has 0 saturated heterocycles. The van der Waals surface area contributed by atoms with Crippen LogP contribution in [0.15, 0.2) is 72.8 Å². The van der Waals surface area contributed by atoms with Crippen molar-refractivity contribution in [2.75, 3.05) is 6.61 Å². The van der Waals surface area contributed by atoms with Crippen LogP contribution in [0.25, 0.3) is 0 Å². The third-order valence-corrected chi connectivity index (χ3v) is 2.87. The lowest BCUT2D eigenvalue weighted by atomic mass is 10.1. The molecule has 0 N–H and O–H groups in total. The number of hydrogen-bond acceptors (Lipinski definition) is 2. The van der Waals surface area contributed by atoms with Crippen molar-refractivity contribution >= 4 is 5.78 Å². The van der Waals surface area contributed by atoms with Crippen LogP contribution in [0.2, 0.25) is 0 Å². The van der Waals surface area contributed by atoms with Crippen LogP contribution in [0.4, 0.5) is 0 Å². The summed E-state index contributed by atoms with van der Waals surface area (Å²) in [5.74, 6) is 0.709. The second kappa shape index (κ2) is 7.95. The summed E-state index contributed by atoms with van der Waals surface area (Å²) >= 11 is 0. The highest BCUT2D eigenvalue weighted by Gasteiger charge is 1.98. The maximum Gasteiger partial charge on any atom is 0.192 e. The second-order valence-electron chi connectivity index (χ2n) is 4.49. The molecule has 2 heteroatoms. The van der Waals surface area contributed by atoms with Gasteiger partial charge in [0.25, 0.3) is 0 Å². The first-order chi connectivity index (χ1) is 9.84. The molecule has 0 bridgehead atoms. The van der Waals surface area contributed by atoms with Crippen LogP contribution in [0.1, 0.15) is 12.0 Å². The maximum absolute atomic E-state index is 11.6. The van der Waals surface area contributed by atoms with Crippen molar-refractivity contribution in [2.24, 2.45) is 0 Å². The number of aryl methyl sites for hydroxylation is 1. The van der Waals surface area contributed by atoms with Gasteiger partial charge in [0.15, 0.2) is 12.4 Å². The number of carbonyl (C=O) groups is 1. The van der Waals surface area contributed by atoms with Gasteiger partial charge < -0.3 is 4.74 Å². The van der Waals surface area contributed by atoms with E-state index in [9.17, 15) is 4.79 Å². The smallest absolute Gasteiger partial charge is 0.192 e. The van der Waals surface area contributed by atoms with Gasteiger partial charge in [0, 0.05) is 0 Å². The summed E-state index contributed by atoms with van der Waals surface area (Å²) in [6.45, 7) is 0.0891. The van der Waals surface area contributed by atoms with E-state index in [4.69, 9.17) is 4.74 Å². The first-order valence-corrected chi connectivity index (χ1v) is 6.76. The number of ether oxygens (including phenoxy) is 1. The molecule has 2 rings (SSSR count). The van der Waals surface area contributed by atoms with Crippen molar-refractivity contribution in [1.82, 2.24) is 0 Å². The van der Waals surface area contributed by atoms with Gasteiger partial charge in [0.05, 0.1) is 0 Å². The molecule has 102 valence electrons. The third-order valence-electron chi connectivity index (χ3n) is 2.87. The predicted molar refractivity (Wildman–Crippen MR) is 80.8 cm³/mol. The van der Waals surface area contributed by atoms with E-state index in [-0.39, 0.29) is 12.4 Å². The lowest BCUT2D eigenvalue weighted by Gasteiger charge is -2.02. The van der Waals surface area contributed by atoms with Gasteiger partial charge in [-0.1, -0.05) is 54.6 Å². The van der Waals surface area contributed by atoms with E-state index < -0.39 is 0 Å². The Bertz CT molecular complexity index is 544. The second-order valence-corrected chi connectivity index (χ2v) is 4.49. The molecule has 2 nitrogen and oxygen atoms in total. The van der Waals surface area contributed by atoms with E-state index in [1.165, 1.54) is 5.56 Å². The van der Waals surface area contributed by atoms with E-state index in [1.807, 2.05) is 54.6 Å². The molecule has 0 fully saturated rings. The molecule has 0 heterocycles. The van der Waals surface area contributed by atoms with Crippen LogP contribution in [0.5, 0.6) is 5.75 Å². The Morgan fingerprint density at radius 1 is 0.950 bits per heavy atom. The monoisotopic (exact) mass is 266 g/mol. The quantitative estimate of drug-likeness (QED) is 0.712. The fraction of sp³-hybridized carbons (Fsp3) is 0.167. The molecule has 0 aliphatic rings. The van der Waals surface area contributed by atoms with Gasteiger partial charge in [0.1, 0.15) is 5.75 Å². The van der Waals surface area contributed by atoms with Crippen molar-refractivity contribution in [3.8, 4) is 5.75 Å². The lowest BCUT2D eigenvalue weighted by molar-refractivity contribution is -0.116. The van der Waals surface area contributed by atoms with Crippen LogP contribution < -0.4 is 4.74 Å². The minimum atomic E-state index is -0.0121. The highest BCUT2D eigenvalue weighted by molar-refractivity contribution is 5.90. The number of carbonyl (C=O) groups excluding carboxylic acids is 1. The van der Waals surface area contributed by atoms with Gasteiger partial charge in [-0.2, -0.15) is 0 Å². The third kappa shape index (κ3) is 5.11. The van der Waals surface area contributed by atoms with Gasteiger partial charge >= 0.3 is 0 Å². The molecule has 0 aromatic heterocycles. The zero-order valence-corrected chi connectivity index (χ0v) is 11.4. The van der Waals surface area contributed by atoms with Crippen LogP contribution in [-0.2, 0) is 11.2 Å². The molecule has 0 spiro atoms. The van der Waals surface area contributed by atoms with Crippen LogP contribution in [-0.4, -0.2) is 12.4 Å². The molecule has 0 aliphatic carbocycles. The fourth-order valence-corrected chi connectivity index (χ4v) is 1.83. The topological polar surface area (TPSA) is 26.3 Å². The van der Waals surface area contributed by atoms with Gasteiger partial charge in [-0.05, 0) is 36.6 Å². The summed E-state index contributed by atoms with van der Waals surface area (Å²) in [7, 11) is 0. The van der Waals surface area contributed by atoms with E-state index >= 15 is 0 Å². The van der Waals surface area contributed by atoms with Crippen LogP contribution in [0, 0.1) is 0 Å². The van der Waals surface area contributed by atoms with Gasteiger partial charge in [-0.25, -0.2) is 0 Å². The Morgan fingerprint density at radius 2 is 1.60 bits per heavy atom. The SMILES string of the molecule is O=C(/C=C/CCc1ccccc1)COc1ccccc1. The molecule has 0 unspecified atom stereocenters. The summed E-state index contributed by atoms with van der Waals surface area (Å²) < 4.78 is 5.38. The van der Waals surface area contributed by atoms with Gasteiger partial charge in [-0.3, -0.25) is 4.79 Å². The number of ketones is 1. The maximum atomic E-state index is 11.6. The molecule has 0 amide bonds. The lowest BCUT2D eigenvalue weighted by Crippen LogP contribution is -2.08. The molecular formula is C18H18O2. The summed E-state index contributed by atoms with van der Waals surface area (Å²) in [5, 5.41) is 0. The summed E-state index contributed by atoms with van der Waals surface area (Å²) in [4.78, 5) is 11.6. The fourth-order valence-electron chi connectivity index (χ4n) is 1.83. The molecule has 0 atom stereocenters. The van der Waals surface area contributed by atoms with Crippen LogP contribution >= 0.6 is 0 Å². The highest BCUT2D eigenvalue weighted by atomic mass is 16.5. The number of allylic oxidation sites excluding steroid dienone is 1. The molecule has 0 aliphatic heterocycles. The number of para-hydroxylation sites is 1. The molecule has 2 aromatic rings. The largest absolute Gasteiger partial charge is 0.485 e. The van der Waals surface area contributed by atoms with Crippen molar-refractivity contribution in [3.05, 3.63) is 78.4 Å². The first-order valence-electron chi connectivity index (χ1n) is 6.76. The average molecular weight is 266 g/mol. The molecule has 0 saturated carbocycles.